The quantitative estimate of drug-likeness (QED) is 0.501. The molecule has 0 bridgehead atoms. The summed E-state index contributed by atoms with van der Waals surface area (Å²) in [7, 11) is 0. The molecule has 0 unspecified atom stereocenters. The molecule has 0 radical (unpaired) electrons. The highest BCUT2D eigenvalue weighted by atomic mass is 14.7. The fourth-order valence-corrected chi connectivity index (χ4v) is 0.715. The van der Waals surface area contributed by atoms with Crippen LogP contribution in [0.25, 0.3) is 0 Å². The first kappa shape index (κ1) is 6.02. The normalized spacial score (nSPS) is 20.7. The van der Waals surface area contributed by atoms with Crippen LogP contribution in [0.3, 0.4) is 0 Å². The van der Waals surface area contributed by atoms with E-state index in [2.05, 4.69) is 17.6 Å². The zero-order valence-corrected chi connectivity index (χ0v) is 5.25. The second-order valence-electron chi connectivity index (χ2n) is 1.79. The van der Waals surface area contributed by atoms with Crippen molar-refractivity contribution >= 4 is 5.71 Å². The molecule has 9 heavy (non-hydrogen) atoms. The van der Waals surface area contributed by atoms with E-state index in [9.17, 15) is 0 Å². The van der Waals surface area contributed by atoms with Gasteiger partial charge in [0.1, 0.15) is 0 Å². The first-order valence-corrected chi connectivity index (χ1v) is 2.94. The van der Waals surface area contributed by atoms with Gasteiger partial charge in [-0.2, -0.15) is 0 Å². The molecule has 0 saturated carbocycles. The van der Waals surface area contributed by atoms with Crippen LogP contribution >= 0.6 is 0 Å². The molecule has 0 aromatic rings. The van der Waals surface area contributed by atoms with Crippen molar-refractivity contribution in [2.24, 2.45) is 4.99 Å². The summed E-state index contributed by atoms with van der Waals surface area (Å²) in [4.78, 5) is 4.03. The summed E-state index contributed by atoms with van der Waals surface area (Å²) in [5.74, 6) is 0. The predicted octanol–water partition coefficient (Wildman–Crippen LogP) is 2.09. The summed E-state index contributed by atoms with van der Waals surface area (Å²) in [5.41, 5.74) is 1.08. The molecule has 0 spiro atoms. The number of rotatable bonds is 1. The van der Waals surface area contributed by atoms with Crippen LogP contribution in [0.15, 0.2) is 42.1 Å². The fourth-order valence-electron chi connectivity index (χ4n) is 0.715. The maximum Gasteiger partial charge on any atom is 0.0441 e. The Hall–Kier alpha value is -1.11. The topological polar surface area (TPSA) is 12.4 Å². The van der Waals surface area contributed by atoms with E-state index in [0.717, 1.165) is 12.1 Å². The van der Waals surface area contributed by atoms with Crippen molar-refractivity contribution in [2.75, 3.05) is 0 Å². The number of allylic oxidation sites excluding steroid dienone is 4. The number of hydrogen-bond acceptors (Lipinski definition) is 1. The summed E-state index contributed by atoms with van der Waals surface area (Å²) in [6.45, 7) is 3.51. The van der Waals surface area contributed by atoms with Crippen molar-refractivity contribution in [3.8, 4) is 0 Å². The lowest BCUT2D eigenvalue weighted by Gasteiger charge is -1.96. The van der Waals surface area contributed by atoms with Crippen LogP contribution in [0.4, 0.5) is 0 Å². The molecular formula is C8H9N. The molecular weight excluding hydrogens is 110 g/mol. The second-order valence-corrected chi connectivity index (χ2v) is 1.79. The molecule has 1 nitrogen and oxygen atoms in total. The van der Waals surface area contributed by atoms with Gasteiger partial charge in [0.05, 0.1) is 0 Å². The Morgan fingerprint density at radius 2 is 2.44 bits per heavy atom. The first-order valence-electron chi connectivity index (χ1n) is 2.94. The molecule has 0 aliphatic heterocycles. The Morgan fingerprint density at radius 3 is 3.00 bits per heavy atom. The Kier molecular flexibility index (Phi) is 2.02. The smallest absolute Gasteiger partial charge is 0.0441 e. The van der Waals surface area contributed by atoms with Crippen LogP contribution in [-0.4, -0.2) is 5.71 Å². The second kappa shape index (κ2) is 3.02. The molecule has 1 aliphatic carbocycles. The van der Waals surface area contributed by atoms with E-state index in [-0.39, 0.29) is 0 Å². The molecule has 0 N–H and O–H groups in total. The lowest BCUT2D eigenvalue weighted by molar-refractivity contribution is 1.41. The largest absolute Gasteiger partial charge is 0.262 e. The molecule has 1 aliphatic rings. The van der Waals surface area contributed by atoms with Crippen molar-refractivity contribution in [2.45, 2.75) is 6.42 Å². The van der Waals surface area contributed by atoms with Crippen molar-refractivity contribution in [3.05, 3.63) is 37.1 Å². The van der Waals surface area contributed by atoms with Crippen molar-refractivity contribution in [1.29, 1.82) is 0 Å². The van der Waals surface area contributed by atoms with Crippen LogP contribution in [0, 0.1) is 0 Å². The van der Waals surface area contributed by atoms with E-state index < -0.39 is 0 Å². The average Bonchev–Trinajstić information content (AvgIpc) is 1.91. The zero-order chi connectivity index (χ0) is 6.53. The standard InChI is InChI=1S/C8H9N/c1-2-9-8-6-4-3-5-7-8/h2-6H,1,7H2/b9-8-. The summed E-state index contributed by atoms with van der Waals surface area (Å²) in [6.07, 6.45) is 10.6. The van der Waals surface area contributed by atoms with Crippen molar-refractivity contribution < 1.29 is 0 Å². The molecule has 1 rings (SSSR count). The molecule has 0 saturated heterocycles. The Bertz CT molecular complexity index is 185. The highest BCUT2D eigenvalue weighted by Gasteiger charge is 1.90. The molecule has 0 heterocycles. The van der Waals surface area contributed by atoms with Gasteiger partial charge in [0.25, 0.3) is 0 Å². The van der Waals surface area contributed by atoms with Crippen LogP contribution in [0.2, 0.25) is 0 Å². The molecule has 0 fully saturated rings. The van der Waals surface area contributed by atoms with Crippen LogP contribution < -0.4 is 0 Å². The third-order valence-electron chi connectivity index (χ3n) is 1.12. The Balaban J connectivity index is 2.65. The van der Waals surface area contributed by atoms with Crippen molar-refractivity contribution in [3.63, 3.8) is 0 Å². The minimum absolute atomic E-state index is 0.933. The van der Waals surface area contributed by atoms with Gasteiger partial charge in [-0.1, -0.05) is 24.8 Å². The third-order valence-corrected chi connectivity index (χ3v) is 1.12. The van der Waals surface area contributed by atoms with Crippen molar-refractivity contribution in [1.82, 2.24) is 0 Å². The van der Waals surface area contributed by atoms with E-state index >= 15 is 0 Å². The van der Waals surface area contributed by atoms with Gasteiger partial charge in [0.15, 0.2) is 0 Å². The summed E-state index contributed by atoms with van der Waals surface area (Å²) in [5, 5.41) is 0. The molecule has 0 aromatic heterocycles. The molecule has 0 atom stereocenters. The lowest BCUT2D eigenvalue weighted by Crippen LogP contribution is -1.91. The van der Waals surface area contributed by atoms with E-state index in [0.29, 0.717) is 0 Å². The van der Waals surface area contributed by atoms with Gasteiger partial charge in [-0.3, -0.25) is 4.99 Å². The highest BCUT2D eigenvalue weighted by Crippen LogP contribution is 1.98. The van der Waals surface area contributed by atoms with Gasteiger partial charge in [0.2, 0.25) is 0 Å². The van der Waals surface area contributed by atoms with Gasteiger partial charge < -0.3 is 0 Å². The molecule has 0 amide bonds. The van der Waals surface area contributed by atoms with Crippen LogP contribution in [-0.2, 0) is 0 Å². The van der Waals surface area contributed by atoms with Gasteiger partial charge in [-0.25, -0.2) is 0 Å². The van der Waals surface area contributed by atoms with Gasteiger partial charge in [-0.15, -0.1) is 0 Å². The molecule has 46 valence electrons. The SMILES string of the molecule is C=C/N=C1/C=CC=CC1. The van der Waals surface area contributed by atoms with E-state index in [1.165, 1.54) is 0 Å². The fraction of sp³-hybridized carbons (Fsp3) is 0.125. The monoisotopic (exact) mass is 119 g/mol. The maximum atomic E-state index is 4.03. The predicted molar refractivity (Wildman–Crippen MR) is 40.5 cm³/mol. The van der Waals surface area contributed by atoms with Crippen LogP contribution in [0.1, 0.15) is 6.42 Å². The van der Waals surface area contributed by atoms with Gasteiger partial charge in [-0.05, 0) is 6.08 Å². The Labute approximate surface area is 55.1 Å². The first-order chi connectivity index (χ1) is 4.43. The van der Waals surface area contributed by atoms with E-state index in [4.69, 9.17) is 0 Å². The van der Waals surface area contributed by atoms with Gasteiger partial charge >= 0.3 is 0 Å². The summed E-state index contributed by atoms with van der Waals surface area (Å²) in [6, 6.07) is 0. The Morgan fingerprint density at radius 1 is 1.56 bits per heavy atom. The summed E-state index contributed by atoms with van der Waals surface area (Å²) < 4.78 is 0. The average molecular weight is 119 g/mol. The zero-order valence-electron chi connectivity index (χ0n) is 5.25. The molecule has 1 heteroatoms. The highest BCUT2D eigenvalue weighted by molar-refractivity contribution is 5.97. The van der Waals surface area contributed by atoms with E-state index in [1.54, 1.807) is 6.20 Å². The third kappa shape index (κ3) is 1.68. The lowest BCUT2D eigenvalue weighted by atomic mass is 10.2. The van der Waals surface area contributed by atoms with Crippen LogP contribution in [0.5, 0.6) is 0 Å². The summed E-state index contributed by atoms with van der Waals surface area (Å²) >= 11 is 0. The number of nitrogens with zero attached hydrogens (tertiary/aromatic N) is 1. The number of aliphatic imine (C=N–C) groups is 1. The number of hydrogen-bond donors (Lipinski definition) is 0. The van der Waals surface area contributed by atoms with Gasteiger partial charge in [0, 0.05) is 18.3 Å². The maximum absolute atomic E-state index is 4.03. The minimum atomic E-state index is 0.933. The minimum Gasteiger partial charge on any atom is -0.262 e. The van der Waals surface area contributed by atoms with E-state index in [1.807, 2.05) is 18.2 Å². The molecule has 0 aromatic carbocycles.